The molecule has 0 atom stereocenters. The average molecular weight is 229 g/mol. The van der Waals surface area contributed by atoms with Crippen LogP contribution in [0.3, 0.4) is 0 Å². The van der Waals surface area contributed by atoms with Crippen LogP contribution in [0.25, 0.3) is 0 Å². The molecule has 17 heavy (non-hydrogen) atoms. The molecule has 0 heterocycles. The van der Waals surface area contributed by atoms with Gasteiger partial charge < -0.3 is 15.6 Å². The number of phenols is 1. The van der Waals surface area contributed by atoms with E-state index in [9.17, 15) is 5.11 Å². The molecule has 3 N–H and O–H groups in total. The molecule has 0 bridgehead atoms. The summed E-state index contributed by atoms with van der Waals surface area (Å²) in [6.45, 7) is 0. The van der Waals surface area contributed by atoms with Crippen LogP contribution in [-0.4, -0.2) is 12.2 Å². The number of nitrogens with two attached hydrogens (primary N) is 1. The predicted octanol–water partition coefficient (Wildman–Crippen LogP) is 2.57. The first-order chi connectivity index (χ1) is 8.19. The summed E-state index contributed by atoms with van der Waals surface area (Å²) in [6.07, 6.45) is 0.726. The van der Waals surface area contributed by atoms with Crippen molar-refractivity contribution in [2.24, 2.45) is 0 Å². The van der Waals surface area contributed by atoms with Crippen LogP contribution >= 0.6 is 0 Å². The maximum Gasteiger partial charge on any atom is 0.119 e. The number of hydrogen-bond donors (Lipinski definition) is 2. The number of methoxy groups -OCH3 is 1. The molecule has 0 saturated heterocycles. The zero-order valence-electron chi connectivity index (χ0n) is 9.68. The second-order valence-electron chi connectivity index (χ2n) is 3.91. The fraction of sp³-hybridized carbons (Fsp3) is 0.143. The molecule has 2 rings (SSSR count). The van der Waals surface area contributed by atoms with Crippen molar-refractivity contribution in [3.05, 3.63) is 53.6 Å². The molecule has 0 amide bonds. The van der Waals surface area contributed by atoms with Gasteiger partial charge in [0.2, 0.25) is 0 Å². The van der Waals surface area contributed by atoms with Gasteiger partial charge in [-0.25, -0.2) is 0 Å². The minimum atomic E-state index is 0.271. The zero-order valence-corrected chi connectivity index (χ0v) is 9.68. The molecular formula is C14H15NO2. The molecule has 3 nitrogen and oxygen atoms in total. The number of ether oxygens (including phenoxy) is 1. The number of aromatic hydroxyl groups is 1. The van der Waals surface area contributed by atoms with E-state index in [0.29, 0.717) is 0 Å². The summed E-state index contributed by atoms with van der Waals surface area (Å²) in [5.74, 6) is 1.07. The average Bonchev–Trinajstić information content (AvgIpc) is 2.35. The molecule has 0 spiro atoms. The summed E-state index contributed by atoms with van der Waals surface area (Å²) in [4.78, 5) is 0. The predicted molar refractivity (Wildman–Crippen MR) is 68.3 cm³/mol. The maximum absolute atomic E-state index is 9.21. The van der Waals surface area contributed by atoms with Gasteiger partial charge in [-0.3, -0.25) is 0 Å². The molecule has 0 aliphatic rings. The number of anilines is 1. The molecule has 0 aromatic heterocycles. The third kappa shape index (κ3) is 2.69. The molecule has 0 aliphatic heterocycles. The highest BCUT2D eigenvalue weighted by molar-refractivity contribution is 5.52. The highest BCUT2D eigenvalue weighted by Gasteiger charge is 2.03. The summed E-state index contributed by atoms with van der Waals surface area (Å²) in [6, 6.07) is 12.7. The van der Waals surface area contributed by atoms with Gasteiger partial charge in [0, 0.05) is 5.69 Å². The third-order valence-corrected chi connectivity index (χ3v) is 2.68. The second kappa shape index (κ2) is 4.78. The smallest absolute Gasteiger partial charge is 0.119 e. The highest BCUT2D eigenvalue weighted by atomic mass is 16.5. The van der Waals surface area contributed by atoms with Crippen LogP contribution in [0.2, 0.25) is 0 Å². The van der Waals surface area contributed by atoms with Crippen LogP contribution in [0.4, 0.5) is 5.69 Å². The Hall–Kier alpha value is -2.16. The lowest BCUT2D eigenvalue weighted by Crippen LogP contribution is -1.96. The molecule has 0 aliphatic carbocycles. The molecule has 2 aromatic rings. The summed E-state index contributed by atoms with van der Waals surface area (Å²) < 4.78 is 5.17. The molecular weight excluding hydrogens is 214 g/mol. The monoisotopic (exact) mass is 229 g/mol. The lowest BCUT2D eigenvalue weighted by molar-refractivity contribution is 0.414. The first-order valence-electron chi connectivity index (χ1n) is 5.39. The van der Waals surface area contributed by atoms with Crippen LogP contribution in [0.1, 0.15) is 11.1 Å². The van der Waals surface area contributed by atoms with Crippen LogP contribution in [-0.2, 0) is 6.42 Å². The van der Waals surface area contributed by atoms with Crippen molar-refractivity contribution in [3.8, 4) is 11.5 Å². The fourth-order valence-corrected chi connectivity index (χ4v) is 1.70. The molecule has 88 valence electrons. The van der Waals surface area contributed by atoms with Crippen molar-refractivity contribution >= 4 is 5.69 Å². The van der Waals surface area contributed by atoms with Gasteiger partial charge in [-0.15, -0.1) is 0 Å². The van der Waals surface area contributed by atoms with Crippen molar-refractivity contribution < 1.29 is 9.84 Å². The van der Waals surface area contributed by atoms with Crippen molar-refractivity contribution in [3.63, 3.8) is 0 Å². The Labute approximate surface area is 100 Å². The standard InChI is InChI=1S/C14H15NO2/c1-17-13-6-7-14(15)11(9-13)8-10-2-4-12(16)5-3-10/h2-7,9,16H,8,15H2,1H3. The van der Waals surface area contributed by atoms with E-state index in [0.717, 1.165) is 29.0 Å². The van der Waals surface area contributed by atoms with Gasteiger partial charge in [-0.05, 0) is 47.9 Å². The number of benzene rings is 2. The summed E-state index contributed by atoms with van der Waals surface area (Å²) in [7, 11) is 1.63. The SMILES string of the molecule is COc1ccc(N)c(Cc2ccc(O)cc2)c1. The number of phenolic OH excluding ortho intramolecular Hbond substituents is 1. The summed E-state index contributed by atoms with van der Waals surface area (Å²) >= 11 is 0. The highest BCUT2D eigenvalue weighted by Crippen LogP contribution is 2.23. The summed E-state index contributed by atoms with van der Waals surface area (Å²) in [5, 5.41) is 9.21. The van der Waals surface area contributed by atoms with Gasteiger partial charge in [0.15, 0.2) is 0 Å². The van der Waals surface area contributed by atoms with Crippen molar-refractivity contribution in [1.82, 2.24) is 0 Å². The Kier molecular flexibility index (Phi) is 3.19. The fourth-order valence-electron chi connectivity index (χ4n) is 1.70. The molecule has 3 heteroatoms. The van der Waals surface area contributed by atoms with Crippen LogP contribution < -0.4 is 10.5 Å². The van der Waals surface area contributed by atoms with Gasteiger partial charge in [0.25, 0.3) is 0 Å². The van der Waals surface area contributed by atoms with E-state index in [2.05, 4.69) is 0 Å². The van der Waals surface area contributed by atoms with E-state index in [4.69, 9.17) is 10.5 Å². The first kappa shape index (κ1) is 11.3. The zero-order chi connectivity index (χ0) is 12.3. The lowest BCUT2D eigenvalue weighted by Gasteiger charge is -2.08. The Balaban J connectivity index is 2.25. The van der Waals surface area contributed by atoms with E-state index >= 15 is 0 Å². The molecule has 0 radical (unpaired) electrons. The van der Waals surface area contributed by atoms with E-state index in [1.807, 2.05) is 30.3 Å². The minimum Gasteiger partial charge on any atom is -0.508 e. The number of rotatable bonds is 3. The Bertz CT molecular complexity index is 506. The summed E-state index contributed by atoms with van der Waals surface area (Å²) in [5.41, 5.74) is 8.79. The lowest BCUT2D eigenvalue weighted by atomic mass is 10.0. The van der Waals surface area contributed by atoms with E-state index < -0.39 is 0 Å². The Morgan fingerprint density at radius 3 is 2.47 bits per heavy atom. The van der Waals surface area contributed by atoms with Gasteiger partial charge in [0.05, 0.1) is 7.11 Å². The Morgan fingerprint density at radius 1 is 1.12 bits per heavy atom. The van der Waals surface area contributed by atoms with Gasteiger partial charge in [-0.1, -0.05) is 12.1 Å². The van der Waals surface area contributed by atoms with Gasteiger partial charge in [-0.2, -0.15) is 0 Å². The van der Waals surface area contributed by atoms with Crippen LogP contribution in [0.15, 0.2) is 42.5 Å². The van der Waals surface area contributed by atoms with Crippen LogP contribution in [0.5, 0.6) is 11.5 Å². The van der Waals surface area contributed by atoms with Crippen LogP contribution in [0, 0.1) is 0 Å². The second-order valence-corrected chi connectivity index (χ2v) is 3.91. The number of nitrogen functional groups attached to an aromatic ring is 1. The normalized spacial score (nSPS) is 10.2. The molecule has 0 saturated carbocycles. The van der Waals surface area contributed by atoms with Gasteiger partial charge >= 0.3 is 0 Å². The van der Waals surface area contributed by atoms with Gasteiger partial charge in [0.1, 0.15) is 11.5 Å². The quantitative estimate of drug-likeness (QED) is 0.795. The minimum absolute atomic E-state index is 0.271. The molecule has 0 unspecified atom stereocenters. The topological polar surface area (TPSA) is 55.5 Å². The van der Waals surface area contributed by atoms with Crippen molar-refractivity contribution in [1.29, 1.82) is 0 Å². The van der Waals surface area contributed by atoms with E-state index in [1.54, 1.807) is 19.2 Å². The van der Waals surface area contributed by atoms with Crippen molar-refractivity contribution in [2.75, 3.05) is 12.8 Å². The third-order valence-electron chi connectivity index (χ3n) is 2.68. The first-order valence-corrected chi connectivity index (χ1v) is 5.39. The van der Waals surface area contributed by atoms with Crippen molar-refractivity contribution in [2.45, 2.75) is 6.42 Å². The van der Waals surface area contributed by atoms with E-state index in [-0.39, 0.29) is 5.75 Å². The molecule has 2 aromatic carbocycles. The van der Waals surface area contributed by atoms with E-state index in [1.165, 1.54) is 0 Å². The number of hydrogen-bond acceptors (Lipinski definition) is 3. The maximum atomic E-state index is 9.21. The molecule has 0 fully saturated rings. The largest absolute Gasteiger partial charge is 0.508 e. The Morgan fingerprint density at radius 2 is 1.82 bits per heavy atom.